The smallest absolute Gasteiger partial charge is 0.131 e. The van der Waals surface area contributed by atoms with Crippen LogP contribution in [-0.2, 0) is 0 Å². The largest absolute Gasteiger partial charge is 0.317 e. The highest BCUT2D eigenvalue weighted by Crippen LogP contribution is 2.38. The third-order valence-corrected chi connectivity index (χ3v) is 7.49. The van der Waals surface area contributed by atoms with Gasteiger partial charge in [-0.1, -0.05) is 23.6 Å². The van der Waals surface area contributed by atoms with Crippen molar-refractivity contribution in [2.45, 2.75) is 43.1 Å². The van der Waals surface area contributed by atoms with Crippen molar-refractivity contribution in [3.63, 3.8) is 0 Å². The second-order valence-electron chi connectivity index (χ2n) is 8.83. The summed E-state index contributed by atoms with van der Waals surface area (Å²) in [5.41, 5.74) is 2.57. The van der Waals surface area contributed by atoms with E-state index in [4.69, 9.17) is 34.6 Å². The summed E-state index contributed by atoms with van der Waals surface area (Å²) in [6.07, 6.45) is 15.8. The van der Waals surface area contributed by atoms with Crippen LogP contribution in [0.5, 0.6) is 0 Å². The van der Waals surface area contributed by atoms with Crippen LogP contribution in [0.3, 0.4) is 0 Å². The average molecular weight is 495 g/mol. The van der Waals surface area contributed by atoms with E-state index in [1.165, 1.54) is 12.3 Å². The minimum absolute atomic E-state index is 0.00460. The van der Waals surface area contributed by atoms with Crippen molar-refractivity contribution in [2.75, 3.05) is 7.05 Å². The molecule has 1 aromatic heterocycles. The van der Waals surface area contributed by atoms with E-state index in [9.17, 15) is 5.26 Å². The molecule has 1 N–H and O–H groups in total. The summed E-state index contributed by atoms with van der Waals surface area (Å²) >= 11 is 13.4. The van der Waals surface area contributed by atoms with Crippen LogP contribution in [0, 0.1) is 41.3 Å². The zero-order valence-corrected chi connectivity index (χ0v) is 20.3. The fraction of sp³-hybridized carbons (Fsp3) is 0.370. The molecule has 5 unspecified atom stereocenters. The number of benzene rings is 1. The minimum atomic E-state index is -0.442. The number of nitriles is 1. The molecule has 5 atom stereocenters. The number of terminal acetylenes is 1. The monoisotopic (exact) mass is 494 g/mol. The fourth-order valence-electron chi connectivity index (χ4n) is 4.95. The topological polar surface area (TPSA) is 61.1 Å². The fourth-order valence-corrected chi connectivity index (χ4v) is 5.62. The molecular weight excluding hydrogens is 470 g/mol. The van der Waals surface area contributed by atoms with Crippen molar-refractivity contribution in [2.24, 2.45) is 16.8 Å². The van der Waals surface area contributed by atoms with Gasteiger partial charge in [0.2, 0.25) is 0 Å². The molecule has 174 valence electrons. The molecule has 0 spiro atoms. The molecule has 4 nitrogen and oxygen atoms in total. The van der Waals surface area contributed by atoms with Gasteiger partial charge in [-0.3, -0.25) is 9.98 Å². The Hall–Kier alpha value is -2.70. The van der Waals surface area contributed by atoms with Gasteiger partial charge in [-0.05, 0) is 62.4 Å². The van der Waals surface area contributed by atoms with E-state index in [0.29, 0.717) is 38.9 Å². The summed E-state index contributed by atoms with van der Waals surface area (Å²) in [5, 5.41) is 12.9. The first kappa shape index (κ1) is 24.4. The quantitative estimate of drug-likeness (QED) is 0.327. The van der Waals surface area contributed by atoms with Crippen molar-refractivity contribution < 1.29 is 4.39 Å². The second kappa shape index (κ2) is 10.7. The van der Waals surface area contributed by atoms with Crippen LogP contribution in [0.15, 0.2) is 41.7 Å². The lowest BCUT2D eigenvalue weighted by Crippen LogP contribution is -2.35. The van der Waals surface area contributed by atoms with E-state index in [-0.39, 0.29) is 23.3 Å². The first-order chi connectivity index (χ1) is 16.4. The van der Waals surface area contributed by atoms with E-state index in [2.05, 4.69) is 22.3 Å². The van der Waals surface area contributed by atoms with Gasteiger partial charge in [-0.15, -0.1) is 18.0 Å². The molecular formula is C27H25Cl2FN4. The van der Waals surface area contributed by atoms with Crippen LogP contribution < -0.4 is 5.32 Å². The lowest BCUT2D eigenvalue weighted by molar-refractivity contribution is 0.335. The molecule has 2 heterocycles. The number of dihydropyridines is 1. The Labute approximate surface area is 209 Å². The van der Waals surface area contributed by atoms with Crippen molar-refractivity contribution in [1.82, 2.24) is 10.3 Å². The van der Waals surface area contributed by atoms with E-state index < -0.39 is 5.82 Å². The van der Waals surface area contributed by atoms with Crippen molar-refractivity contribution >= 4 is 35.0 Å². The summed E-state index contributed by atoms with van der Waals surface area (Å²) in [7, 11) is 1.95. The normalized spacial score (nSPS) is 26.8. The summed E-state index contributed by atoms with van der Waals surface area (Å²) < 4.78 is 15.2. The molecule has 4 rings (SSSR count). The predicted molar refractivity (Wildman–Crippen MR) is 136 cm³/mol. The Balaban J connectivity index is 1.61. The highest BCUT2D eigenvalue weighted by Gasteiger charge is 2.35. The summed E-state index contributed by atoms with van der Waals surface area (Å²) in [5.74, 6) is 2.28. The van der Waals surface area contributed by atoms with Gasteiger partial charge in [-0.25, -0.2) is 4.39 Å². The zero-order valence-electron chi connectivity index (χ0n) is 18.8. The maximum absolute atomic E-state index is 15.2. The number of rotatable bonds is 4. The number of allylic oxidation sites excluding steroid dienone is 1. The SMILES string of the molecule is C#Cc1cnccc1-c1cc(Cl)c(C2=CC(Cl)C(C3CC(C#N)CCC(NC)C3)N=C2)cc1F. The molecule has 1 fully saturated rings. The maximum Gasteiger partial charge on any atom is 0.131 e. The Morgan fingerprint density at radius 1 is 1.21 bits per heavy atom. The van der Waals surface area contributed by atoms with Crippen LogP contribution >= 0.6 is 23.2 Å². The van der Waals surface area contributed by atoms with Crippen LogP contribution in [0.4, 0.5) is 4.39 Å². The van der Waals surface area contributed by atoms with Gasteiger partial charge in [-0.2, -0.15) is 5.26 Å². The Bertz CT molecular complexity index is 1210. The number of halogens is 3. The Kier molecular flexibility index (Phi) is 7.69. The van der Waals surface area contributed by atoms with Gasteiger partial charge < -0.3 is 5.32 Å². The molecule has 0 saturated heterocycles. The lowest BCUT2D eigenvalue weighted by Gasteiger charge is -2.30. The molecule has 0 bridgehead atoms. The number of aromatic nitrogens is 1. The number of nitrogens with one attached hydrogen (secondary N) is 1. The van der Waals surface area contributed by atoms with Gasteiger partial charge in [0, 0.05) is 52.3 Å². The first-order valence-electron chi connectivity index (χ1n) is 11.3. The summed E-state index contributed by atoms with van der Waals surface area (Å²) in [6, 6.07) is 7.27. The van der Waals surface area contributed by atoms with Crippen molar-refractivity contribution in [1.29, 1.82) is 5.26 Å². The van der Waals surface area contributed by atoms with Gasteiger partial charge in [0.1, 0.15) is 5.82 Å². The number of hydrogen-bond acceptors (Lipinski definition) is 4. The molecule has 1 aliphatic heterocycles. The predicted octanol–water partition coefficient (Wildman–Crippen LogP) is 5.88. The molecule has 1 aliphatic carbocycles. The van der Waals surface area contributed by atoms with E-state index in [1.54, 1.807) is 24.5 Å². The van der Waals surface area contributed by atoms with E-state index >= 15 is 4.39 Å². The molecule has 0 radical (unpaired) electrons. The van der Waals surface area contributed by atoms with Gasteiger partial charge in [0.25, 0.3) is 0 Å². The minimum Gasteiger partial charge on any atom is -0.317 e. The molecule has 34 heavy (non-hydrogen) atoms. The van der Waals surface area contributed by atoms with Gasteiger partial charge >= 0.3 is 0 Å². The van der Waals surface area contributed by atoms with Gasteiger partial charge in [0.05, 0.1) is 23.1 Å². The van der Waals surface area contributed by atoms with Gasteiger partial charge in [0.15, 0.2) is 0 Å². The number of nitrogens with zero attached hydrogens (tertiary/aromatic N) is 3. The third-order valence-electron chi connectivity index (χ3n) is 6.80. The molecule has 7 heteroatoms. The maximum atomic E-state index is 15.2. The lowest BCUT2D eigenvalue weighted by atomic mass is 9.84. The second-order valence-corrected chi connectivity index (χ2v) is 9.74. The van der Waals surface area contributed by atoms with Crippen LogP contribution in [0.25, 0.3) is 16.7 Å². The van der Waals surface area contributed by atoms with Crippen molar-refractivity contribution in [3.05, 3.63) is 58.6 Å². The van der Waals surface area contributed by atoms with E-state index in [0.717, 1.165) is 25.7 Å². The number of aliphatic imine (C=N–C) groups is 1. The first-order valence-corrected chi connectivity index (χ1v) is 12.1. The Morgan fingerprint density at radius 3 is 2.74 bits per heavy atom. The highest BCUT2D eigenvalue weighted by molar-refractivity contribution is 6.34. The molecule has 1 saturated carbocycles. The number of alkyl halides is 1. The number of pyridine rings is 1. The molecule has 1 aromatic carbocycles. The highest BCUT2D eigenvalue weighted by atomic mass is 35.5. The zero-order chi connectivity index (χ0) is 24.2. The Morgan fingerprint density at radius 2 is 2.03 bits per heavy atom. The van der Waals surface area contributed by atoms with Crippen molar-refractivity contribution in [3.8, 4) is 29.5 Å². The van der Waals surface area contributed by atoms with Crippen LogP contribution in [-0.4, -0.2) is 35.7 Å². The summed E-state index contributed by atoms with van der Waals surface area (Å²) in [4.78, 5) is 8.78. The molecule has 2 aromatic rings. The number of hydrogen-bond donors (Lipinski definition) is 1. The standard InChI is InChI=1S/C27H25Cl2FN4/c1-3-17-14-33-7-6-21(17)23-11-24(28)22(12-26(23)30)19-10-25(29)27(34-15-19)18-8-16(13-31)4-5-20(9-18)32-2/h1,6-7,10-12,14-16,18,20,25,27,32H,4-5,8-9H2,2H3. The summed E-state index contributed by atoms with van der Waals surface area (Å²) in [6.45, 7) is 0. The molecule has 0 amide bonds. The van der Waals surface area contributed by atoms with Crippen LogP contribution in [0.2, 0.25) is 5.02 Å². The van der Waals surface area contributed by atoms with Crippen LogP contribution in [0.1, 0.15) is 36.8 Å². The van der Waals surface area contributed by atoms with E-state index in [1.807, 2.05) is 13.1 Å². The average Bonchev–Trinajstić information content (AvgIpc) is 3.07. The third kappa shape index (κ3) is 5.03. The molecule has 2 aliphatic rings.